The van der Waals surface area contributed by atoms with E-state index in [0.29, 0.717) is 11.3 Å². The molecule has 1 aromatic rings. The van der Waals surface area contributed by atoms with Crippen molar-refractivity contribution in [2.24, 2.45) is 0 Å². The minimum absolute atomic E-state index is 0.0979. The van der Waals surface area contributed by atoms with Crippen LogP contribution in [0.5, 0.6) is 0 Å². The Morgan fingerprint density at radius 3 is 2.52 bits per heavy atom. The Balaban J connectivity index is 2.53. The van der Waals surface area contributed by atoms with Gasteiger partial charge in [-0.25, -0.2) is 9.59 Å². The molecule has 7 nitrogen and oxygen atoms in total. The molecule has 1 rings (SSSR count). The van der Waals surface area contributed by atoms with Crippen molar-refractivity contribution in [3.05, 3.63) is 29.6 Å². The largest absolute Gasteiger partial charge is 0.465 e. The minimum atomic E-state index is -1.13. The smallest absolute Gasteiger partial charge is 0.409 e. The lowest BCUT2D eigenvalue weighted by molar-refractivity contribution is 0.0358. The lowest BCUT2D eigenvalue weighted by Crippen LogP contribution is -2.40. The zero-order valence-corrected chi connectivity index (χ0v) is 12.5. The third-order valence-corrected chi connectivity index (χ3v) is 2.33. The summed E-state index contributed by atoms with van der Waals surface area (Å²) >= 11 is 0. The van der Waals surface area contributed by atoms with Gasteiger partial charge in [-0.2, -0.15) is 0 Å². The van der Waals surface area contributed by atoms with E-state index in [0.717, 1.165) is 0 Å². The SMILES string of the molecule is COC(=O)c1ccc(CC(O)NC(=O)OC(C)(C)C)nc1. The summed E-state index contributed by atoms with van der Waals surface area (Å²) in [7, 11) is 1.28. The molecular weight excluding hydrogens is 276 g/mol. The quantitative estimate of drug-likeness (QED) is 0.641. The number of carbonyl (C=O) groups is 2. The van der Waals surface area contributed by atoms with Gasteiger partial charge in [-0.1, -0.05) is 0 Å². The highest BCUT2D eigenvalue weighted by Gasteiger charge is 2.18. The molecule has 0 aliphatic heterocycles. The topological polar surface area (TPSA) is 97.8 Å². The number of rotatable bonds is 4. The van der Waals surface area contributed by atoms with Crippen molar-refractivity contribution in [1.82, 2.24) is 10.3 Å². The molecule has 21 heavy (non-hydrogen) atoms. The Labute approximate surface area is 123 Å². The van der Waals surface area contributed by atoms with E-state index >= 15 is 0 Å². The highest BCUT2D eigenvalue weighted by atomic mass is 16.6. The van der Waals surface area contributed by atoms with E-state index in [1.165, 1.54) is 19.4 Å². The highest BCUT2D eigenvalue weighted by Crippen LogP contribution is 2.08. The first-order chi connectivity index (χ1) is 9.71. The third-order valence-electron chi connectivity index (χ3n) is 2.33. The van der Waals surface area contributed by atoms with Crippen LogP contribution < -0.4 is 5.32 Å². The number of aliphatic hydroxyl groups is 1. The third kappa shape index (κ3) is 6.22. The standard InChI is InChI=1S/C14H20N2O5/c1-14(2,3)21-13(19)16-11(17)7-10-6-5-9(8-15-10)12(18)20-4/h5-6,8,11,17H,7H2,1-4H3,(H,16,19). The Bertz CT molecular complexity index is 493. The Kier molecular flexibility index (Phi) is 5.66. The molecule has 0 saturated heterocycles. The number of amides is 1. The average Bonchev–Trinajstić information content (AvgIpc) is 2.36. The summed E-state index contributed by atoms with van der Waals surface area (Å²) in [4.78, 5) is 26.7. The number of aromatic nitrogens is 1. The van der Waals surface area contributed by atoms with Gasteiger partial charge in [0.2, 0.25) is 0 Å². The molecule has 7 heteroatoms. The van der Waals surface area contributed by atoms with Crippen LogP contribution in [-0.4, -0.2) is 41.1 Å². The Morgan fingerprint density at radius 2 is 2.05 bits per heavy atom. The van der Waals surface area contributed by atoms with E-state index in [-0.39, 0.29) is 6.42 Å². The molecular formula is C14H20N2O5. The van der Waals surface area contributed by atoms with Crippen molar-refractivity contribution in [3.63, 3.8) is 0 Å². The van der Waals surface area contributed by atoms with Gasteiger partial charge in [-0.05, 0) is 32.9 Å². The van der Waals surface area contributed by atoms with Crippen molar-refractivity contribution in [2.45, 2.75) is 39.0 Å². The Morgan fingerprint density at radius 1 is 1.38 bits per heavy atom. The lowest BCUT2D eigenvalue weighted by Gasteiger charge is -2.21. The molecule has 0 radical (unpaired) electrons. The van der Waals surface area contributed by atoms with Crippen LogP contribution in [-0.2, 0) is 15.9 Å². The van der Waals surface area contributed by atoms with Gasteiger partial charge in [-0.3, -0.25) is 10.3 Å². The van der Waals surface area contributed by atoms with Gasteiger partial charge >= 0.3 is 12.1 Å². The summed E-state index contributed by atoms with van der Waals surface area (Å²) < 4.78 is 9.57. The maximum absolute atomic E-state index is 11.5. The summed E-state index contributed by atoms with van der Waals surface area (Å²) in [6.45, 7) is 5.18. The van der Waals surface area contributed by atoms with Crippen molar-refractivity contribution in [1.29, 1.82) is 0 Å². The van der Waals surface area contributed by atoms with Gasteiger partial charge in [0.15, 0.2) is 0 Å². The van der Waals surface area contributed by atoms with E-state index in [1.807, 2.05) is 0 Å². The Hall–Kier alpha value is -2.15. The van der Waals surface area contributed by atoms with Crippen molar-refractivity contribution >= 4 is 12.1 Å². The first kappa shape index (κ1) is 16.9. The monoisotopic (exact) mass is 296 g/mol. The van der Waals surface area contributed by atoms with Crippen LogP contribution in [0, 0.1) is 0 Å². The van der Waals surface area contributed by atoms with Gasteiger partial charge in [0.1, 0.15) is 11.8 Å². The van der Waals surface area contributed by atoms with Crippen LogP contribution in [0.15, 0.2) is 18.3 Å². The molecule has 0 aliphatic carbocycles. The number of nitrogens with zero attached hydrogens (tertiary/aromatic N) is 1. The molecule has 0 bridgehead atoms. The number of aliphatic hydroxyl groups excluding tert-OH is 1. The average molecular weight is 296 g/mol. The first-order valence-electron chi connectivity index (χ1n) is 6.42. The molecule has 0 spiro atoms. The number of hydrogen-bond acceptors (Lipinski definition) is 6. The fourth-order valence-corrected chi connectivity index (χ4v) is 1.48. The number of nitrogens with one attached hydrogen (secondary N) is 1. The molecule has 116 valence electrons. The van der Waals surface area contributed by atoms with Crippen LogP contribution >= 0.6 is 0 Å². The van der Waals surface area contributed by atoms with Crippen molar-refractivity contribution in [2.75, 3.05) is 7.11 Å². The van der Waals surface area contributed by atoms with Gasteiger partial charge in [0, 0.05) is 18.3 Å². The highest BCUT2D eigenvalue weighted by molar-refractivity contribution is 5.88. The lowest BCUT2D eigenvalue weighted by atomic mass is 10.2. The maximum atomic E-state index is 11.5. The second kappa shape index (κ2) is 7.03. The summed E-state index contributed by atoms with van der Waals surface area (Å²) in [5.74, 6) is -0.485. The zero-order valence-electron chi connectivity index (χ0n) is 12.5. The predicted molar refractivity (Wildman–Crippen MR) is 74.7 cm³/mol. The summed E-state index contributed by atoms with van der Waals surface area (Å²) in [5, 5.41) is 12.0. The fourth-order valence-electron chi connectivity index (χ4n) is 1.48. The number of pyridine rings is 1. The van der Waals surface area contributed by atoms with E-state index in [1.54, 1.807) is 26.8 Å². The molecule has 1 aromatic heterocycles. The number of hydrogen-bond donors (Lipinski definition) is 2. The van der Waals surface area contributed by atoms with Crippen LogP contribution in [0.2, 0.25) is 0 Å². The number of ether oxygens (including phenoxy) is 2. The molecule has 0 fully saturated rings. The van der Waals surface area contributed by atoms with E-state index in [9.17, 15) is 14.7 Å². The van der Waals surface area contributed by atoms with Crippen molar-refractivity contribution in [3.8, 4) is 0 Å². The van der Waals surface area contributed by atoms with Crippen LogP contribution in [0.1, 0.15) is 36.8 Å². The summed E-state index contributed by atoms with van der Waals surface area (Å²) in [6.07, 6.45) is -0.389. The van der Waals surface area contributed by atoms with E-state index < -0.39 is 23.9 Å². The van der Waals surface area contributed by atoms with Gasteiger partial charge in [0.25, 0.3) is 0 Å². The minimum Gasteiger partial charge on any atom is -0.465 e. The number of alkyl carbamates (subject to hydrolysis) is 1. The molecule has 0 aliphatic rings. The van der Waals surface area contributed by atoms with Gasteiger partial charge in [0.05, 0.1) is 12.7 Å². The number of methoxy groups -OCH3 is 1. The molecule has 0 saturated carbocycles. The molecule has 1 unspecified atom stereocenters. The normalized spacial score (nSPS) is 12.4. The van der Waals surface area contributed by atoms with Gasteiger partial charge in [-0.15, -0.1) is 0 Å². The molecule has 1 heterocycles. The van der Waals surface area contributed by atoms with E-state index in [4.69, 9.17) is 4.74 Å². The van der Waals surface area contributed by atoms with Crippen molar-refractivity contribution < 1.29 is 24.2 Å². The number of carbonyl (C=O) groups excluding carboxylic acids is 2. The van der Waals surface area contributed by atoms with Crippen LogP contribution in [0.3, 0.4) is 0 Å². The second-order valence-corrected chi connectivity index (χ2v) is 5.40. The summed E-state index contributed by atoms with van der Waals surface area (Å²) in [6, 6.07) is 3.11. The zero-order chi connectivity index (χ0) is 16.0. The second-order valence-electron chi connectivity index (χ2n) is 5.40. The predicted octanol–water partition coefficient (Wildman–Crippen LogP) is 1.25. The molecule has 2 N–H and O–H groups in total. The first-order valence-corrected chi connectivity index (χ1v) is 6.42. The number of esters is 1. The molecule has 0 aromatic carbocycles. The van der Waals surface area contributed by atoms with Crippen LogP contribution in [0.25, 0.3) is 0 Å². The van der Waals surface area contributed by atoms with Crippen LogP contribution in [0.4, 0.5) is 4.79 Å². The maximum Gasteiger partial charge on any atom is 0.409 e. The van der Waals surface area contributed by atoms with E-state index in [2.05, 4.69) is 15.0 Å². The molecule has 1 atom stereocenters. The fraction of sp³-hybridized carbons (Fsp3) is 0.500. The molecule has 1 amide bonds. The summed E-state index contributed by atoms with van der Waals surface area (Å²) in [5.41, 5.74) is 0.201. The van der Waals surface area contributed by atoms with Gasteiger partial charge < -0.3 is 14.6 Å².